The van der Waals surface area contributed by atoms with Gasteiger partial charge in [-0.2, -0.15) is 5.26 Å². The van der Waals surface area contributed by atoms with E-state index < -0.39 is 11.1 Å². The van der Waals surface area contributed by atoms with Gasteiger partial charge < -0.3 is 14.8 Å². The first-order valence-corrected chi connectivity index (χ1v) is 12.6. The van der Waals surface area contributed by atoms with Gasteiger partial charge in [0.15, 0.2) is 18.1 Å². The number of rotatable bonds is 8. The predicted molar refractivity (Wildman–Crippen MR) is 144 cm³/mol. The summed E-state index contributed by atoms with van der Waals surface area (Å²) in [6, 6.07) is 21.2. The van der Waals surface area contributed by atoms with Crippen LogP contribution >= 0.6 is 27.7 Å². The number of ether oxygens (including phenoxy) is 2. The molecule has 1 aliphatic heterocycles. The third kappa shape index (κ3) is 6.20. The molecule has 37 heavy (non-hydrogen) atoms. The van der Waals surface area contributed by atoms with Crippen molar-refractivity contribution >= 4 is 56.5 Å². The summed E-state index contributed by atoms with van der Waals surface area (Å²) >= 11 is 4.29. The fraction of sp³-hybridized carbons (Fsp3) is 0.111. The maximum absolute atomic E-state index is 13.0. The molecule has 4 rings (SSSR count). The van der Waals surface area contributed by atoms with Crippen molar-refractivity contribution in [1.29, 1.82) is 5.26 Å². The Morgan fingerprint density at radius 1 is 1.11 bits per heavy atom. The molecule has 1 aliphatic rings. The van der Waals surface area contributed by atoms with Crippen LogP contribution in [-0.2, 0) is 16.1 Å². The molecule has 1 heterocycles. The van der Waals surface area contributed by atoms with Gasteiger partial charge in [0.05, 0.1) is 30.2 Å². The van der Waals surface area contributed by atoms with E-state index in [1.807, 2.05) is 18.2 Å². The van der Waals surface area contributed by atoms with Crippen molar-refractivity contribution in [2.45, 2.75) is 6.54 Å². The van der Waals surface area contributed by atoms with Crippen LogP contribution in [-0.4, -0.2) is 35.7 Å². The molecule has 0 aliphatic carbocycles. The Labute approximate surface area is 226 Å². The van der Waals surface area contributed by atoms with E-state index in [2.05, 4.69) is 27.3 Å². The second-order valence-corrected chi connectivity index (χ2v) is 9.61. The molecule has 1 fully saturated rings. The highest BCUT2D eigenvalue weighted by Crippen LogP contribution is 2.38. The molecule has 10 heteroatoms. The topological polar surface area (TPSA) is 109 Å². The number of anilines is 1. The first kappa shape index (κ1) is 26.0. The summed E-state index contributed by atoms with van der Waals surface area (Å²) in [6.45, 7) is -0.228. The van der Waals surface area contributed by atoms with Gasteiger partial charge in [-0.15, -0.1) is 0 Å². The molecule has 3 aromatic carbocycles. The molecule has 186 valence electrons. The van der Waals surface area contributed by atoms with Gasteiger partial charge in [-0.1, -0.05) is 52.3 Å². The maximum atomic E-state index is 13.0. The Kier molecular flexibility index (Phi) is 8.28. The Balaban J connectivity index is 1.49. The van der Waals surface area contributed by atoms with E-state index in [0.717, 1.165) is 16.7 Å². The number of hydrogen-bond acceptors (Lipinski definition) is 7. The van der Waals surface area contributed by atoms with E-state index in [1.165, 1.54) is 7.11 Å². The fourth-order valence-electron chi connectivity index (χ4n) is 3.51. The lowest BCUT2D eigenvalue weighted by atomic mass is 10.1. The number of amides is 3. The Morgan fingerprint density at radius 2 is 1.84 bits per heavy atom. The standard InChI is InChI=1S/C27H20BrN3O5S/c1-35-22-11-19(21(28)13-23(22)36-16-25(32)30-20-9-3-2-4-10-20)12-24-26(33)31(27(34)37-24)15-18-8-6-5-7-17(18)14-29/h2-13H,15-16H2,1H3,(H,30,32)/b24-12+. The van der Waals surface area contributed by atoms with Crippen LogP contribution in [0.5, 0.6) is 11.5 Å². The molecule has 0 spiro atoms. The van der Waals surface area contributed by atoms with Crippen LogP contribution < -0.4 is 14.8 Å². The van der Waals surface area contributed by atoms with Crippen LogP contribution in [0.2, 0.25) is 0 Å². The summed E-state index contributed by atoms with van der Waals surface area (Å²) in [4.78, 5) is 39.2. The van der Waals surface area contributed by atoms with Crippen LogP contribution in [0.15, 0.2) is 76.1 Å². The molecule has 0 bridgehead atoms. The minimum absolute atomic E-state index is 0.00799. The monoisotopic (exact) mass is 577 g/mol. The molecular weight excluding hydrogens is 558 g/mol. The van der Waals surface area contributed by atoms with Gasteiger partial charge in [-0.3, -0.25) is 19.3 Å². The third-order valence-electron chi connectivity index (χ3n) is 5.33. The number of hydrogen-bond donors (Lipinski definition) is 1. The zero-order chi connectivity index (χ0) is 26.4. The summed E-state index contributed by atoms with van der Waals surface area (Å²) in [7, 11) is 1.46. The van der Waals surface area contributed by atoms with Gasteiger partial charge in [-0.25, -0.2) is 0 Å². The second-order valence-electron chi connectivity index (χ2n) is 7.76. The average molecular weight is 578 g/mol. The summed E-state index contributed by atoms with van der Waals surface area (Å²) < 4.78 is 11.7. The number of nitriles is 1. The normalized spacial score (nSPS) is 14.0. The average Bonchev–Trinajstić information content (AvgIpc) is 3.16. The highest BCUT2D eigenvalue weighted by atomic mass is 79.9. The molecule has 8 nitrogen and oxygen atoms in total. The van der Waals surface area contributed by atoms with Crippen molar-refractivity contribution in [3.05, 3.63) is 92.8 Å². The van der Waals surface area contributed by atoms with Crippen LogP contribution in [0.3, 0.4) is 0 Å². The van der Waals surface area contributed by atoms with E-state index in [0.29, 0.717) is 38.3 Å². The molecule has 0 aromatic heterocycles. The van der Waals surface area contributed by atoms with E-state index in [-0.39, 0.29) is 24.0 Å². The quantitative estimate of drug-likeness (QED) is 0.348. The van der Waals surface area contributed by atoms with E-state index >= 15 is 0 Å². The molecule has 3 aromatic rings. The molecule has 1 N–H and O–H groups in total. The molecule has 3 amide bonds. The van der Waals surface area contributed by atoms with Gasteiger partial charge in [-0.05, 0) is 59.3 Å². The Bertz CT molecular complexity index is 1440. The number of carbonyl (C=O) groups excluding carboxylic acids is 3. The van der Waals surface area contributed by atoms with Gasteiger partial charge in [0.1, 0.15) is 0 Å². The van der Waals surface area contributed by atoms with E-state index in [9.17, 15) is 19.6 Å². The van der Waals surface area contributed by atoms with Gasteiger partial charge in [0, 0.05) is 10.2 Å². The summed E-state index contributed by atoms with van der Waals surface area (Å²) in [5.74, 6) is -0.105. The minimum atomic E-state index is -0.452. The van der Waals surface area contributed by atoms with Gasteiger partial charge >= 0.3 is 0 Å². The largest absolute Gasteiger partial charge is 0.493 e. The maximum Gasteiger partial charge on any atom is 0.293 e. The first-order chi connectivity index (χ1) is 17.9. The number of benzene rings is 3. The second kappa shape index (κ2) is 11.8. The predicted octanol–water partition coefficient (Wildman–Crippen LogP) is 5.58. The Hall–Kier alpha value is -4.07. The molecule has 1 saturated heterocycles. The zero-order valence-electron chi connectivity index (χ0n) is 19.6. The minimum Gasteiger partial charge on any atom is -0.493 e. The number of nitrogens with zero attached hydrogens (tertiary/aromatic N) is 2. The van der Waals surface area contributed by atoms with Crippen molar-refractivity contribution in [2.75, 3.05) is 19.0 Å². The van der Waals surface area contributed by atoms with Gasteiger partial charge in [0.2, 0.25) is 0 Å². The van der Waals surface area contributed by atoms with Crippen molar-refractivity contribution in [3.8, 4) is 17.6 Å². The molecule has 0 atom stereocenters. The van der Waals surface area contributed by atoms with Crippen molar-refractivity contribution in [1.82, 2.24) is 4.90 Å². The SMILES string of the molecule is COc1cc(/C=C2/SC(=O)N(Cc3ccccc3C#N)C2=O)c(Br)cc1OCC(=O)Nc1ccccc1. The number of imide groups is 1. The molecular formula is C27H20BrN3O5S. The number of thioether (sulfide) groups is 1. The highest BCUT2D eigenvalue weighted by molar-refractivity contribution is 9.10. The molecule has 0 saturated carbocycles. The summed E-state index contributed by atoms with van der Waals surface area (Å²) in [6.07, 6.45) is 1.58. The lowest BCUT2D eigenvalue weighted by Crippen LogP contribution is -2.27. The number of methoxy groups -OCH3 is 1. The van der Waals surface area contributed by atoms with Crippen LogP contribution in [0.25, 0.3) is 6.08 Å². The van der Waals surface area contributed by atoms with E-state index in [4.69, 9.17) is 9.47 Å². The number of halogens is 1. The summed E-state index contributed by atoms with van der Waals surface area (Å²) in [5.41, 5.74) is 2.24. The third-order valence-corrected chi connectivity index (χ3v) is 6.92. The lowest BCUT2D eigenvalue weighted by Gasteiger charge is -2.14. The summed E-state index contributed by atoms with van der Waals surface area (Å²) in [5, 5.41) is 11.6. The molecule has 0 unspecified atom stereocenters. The van der Waals surface area contributed by atoms with Crippen LogP contribution in [0.4, 0.5) is 10.5 Å². The number of carbonyl (C=O) groups is 3. The Morgan fingerprint density at radius 3 is 2.57 bits per heavy atom. The number of para-hydroxylation sites is 1. The van der Waals surface area contributed by atoms with E-state index in [1.54, 1.807) is 54.6 Å². The zero-order valence-corrected chi connectivity index (χ0v) is 22.0. The number of nitrogens with one attached hydrogen (secondary N) is 1. The molecule has 0 radical (unpaired) electrons. The van der Waals surface area contributed by atoms with Gasteiger partial charge in [0.25, 0.3) is 17.1 Å². The van der Waals surface area contributed by atoms with Crippen LogP contribution in [0, 0.1) is 11.3 Å². The smallest absolute Gasteiger partial charge is 0.293 e. The van der Waals surface area contributed by atoms with Crippen molar-refractivity contribution in [3.63, 3.8) is 0 Å². The van der Waals surface area contributed by atoms with Crippen molar-refractivity contribution in [2.24, 2.45) is 0 Å². The lowest BCUT2D eigenvalue weighted by molar-refractivity contribution is -0.123. The fourth-order valence-corrected chi connectivity index (χ4v) is 4.78. The first-order valence-electron chi connectivity index (χ1n) is 11.0. The van der Waals surface area contributed by atoms with Crippen molar-refractivity contribution < 1.29 is 23.9 Å². The van der Waals surface area contributed by atoms with Crippen LogP contribution in [0.1, 0.15) is 16.7 Å². The highest BCUT2D eigenvalue weighted by Gasteiger charge is 2.35.